The monoisotopic (exact) mass is 295 g/mol. The van der Waals surface area contributed by atoms with E-state index in [9.17, 15) is 4.79 Å². The van der Waals surface area contributed by atoms with E-state index in [2.05, 4.69) is 10.3 Å². The maximum absolute atomic E-state index is 12.1. The molecule has 0 aliphatic carbocycles. The van der Waals surface area contributed by atoms with Gasteiger partial charge >= 0.3 is 0 Å². The molecule has 0 aliphatic heterocycles. The van der Waals surface area contributed by atoms with Crippen molar-refractivity contribution < 1.29 is 4.79 Å². The van der Waals surface area contributed by atoms with Gasteiger partial charge in [-0.2, -0.15) is 0 Å². The number of hydrogen-bond donors (Lipinski definition) is 2. The number of carbonyl (C=O) groups excluding carboxylic acids is 1. The molecule has 0 saturated heterocycles. The van der Waals surface area contributed by atoms with Crippen molar-refractivity contribution in [3.05, 3.63) is 44.9 Å². The zero-order valence-corrected chi connectivity index (χ0v) is 12.2. The fourth-order valence-electron chi connectivity index (χ4n) is 1.65. The van der Waals surface area contributed by atoms with Crippen LogP contribution in [0.4, 0.5) is 5.69 Å². The van der Waals surface area contributed by atoms with Gasteiger partial charge in [-0.25, -0.2) is 4.98 Å². The second-order valence-electron chi connectivity index (χ2n) is 4.25. The predicted octanol–water partition coefficient (Wildman–Crippen LogP) is 3.18. The van der Waals surface area contributed by atoms with Crippen LogP contribution in [0.3, 0.4) is 0 Å². The molecule has 1 atom stereocenters. The Kier molecular flexibility index (Phi) is 4.07. The zero-order valence-electron chi connectivity index (χ0n) is 10.6. The molecule has 1 amide bonds. The highest BCUT2D eigenvalue weighted by Gasteiger charge is 2.15. The summed E-state index contributed by atoms with van der Waals surface area (Å²) in [6, 6.07) is 4.67. The highest BCUT2D eigenvalue weighted by Crippen LogP contribution is 2.21. The summed E-state index contributed by atoms with van der Waals surface area (Å²) in [6.45, 7) is 3.81. The van der Waals surface area contributed by atoms with Crippen molar-refractivity contribution in [2.75, 3.05) is 5.73 Å². The topological polar surface area (TPSA) is 68.0 Å². The summed E-state index contributed by atoms with van der Waals surface area (Å²) in [6.07, 6.45) is 0. The predicted molar refractivity (Wildman–Crippen MR) is 78.6 cm³/mol. The molecule has 3 N–H and O–H groups in total. The minimum atomic E-state index is -0.227. The van der Waals surface area contributed by atoms with Crippen molar-refractivity contribution in [1.82, 2.24) is 10.3 Å². The summed E-state index contributed by atoms with van der Waals surface area (Å²) in [5, 5.41) is 6.21. The number of thiazole rings is 1. The first-order chi connectivity index (χ1) is 8.97. The minimum Gasteiger partial charge on any atom is -0.398 e. The van der Waals surface area contributed by atoms with E-state index in [1.54, 1.807) is 18.2 Å². The number of hydrogen-bond acceptors (Lipinski definition) is 4. The minimum absolute atomic E-state index is 0.152. The lowest BCUT2D eigenvalue weighted by molar-refractivity contribution is 0.0940. The molecule has 19 heavy (non-hydrogen) atoms. The molecule has 2 aromatic rings. The highest BCUT2D eigenvalue weighted by molar-refractivity contribution is 7.09. The first kappa shape index (κ1) is 13.8. The lowest BCUT2D eigenvalue weighted by Crippen LogP contribution is -2.27. The molecule has 0 saturated carbocycles. The molecule has 6 heteroatoms. The number of aromatic nitrogens is 1. The number of rotatable bonds is 3. The summed E-state index contributed by atoms with van der Waals surface area (Å²) in [5.41, 5.74) is 7.52. The van der Waals surface area contributed by atoms with Crippen molar-refractivity contribution in [3.8, 4) is 0 Å². The van der Waals surface area contributed by atoms with Crippen LogP contribution in [-0.2, 0) is 0 Å². The average molecular weight is 296 g/mol. The molecule has 100 valence electrons. The number of benzene rings is 1. The zero-order chi connectivity index (χ0) is 14.0. The molecular weight excluding hydrogens is 282 g/mol. The Morgan fingerprint density at radius 3 is 2.84 bits per heavy atom. The van der Waals surface area contributed by atoms with E-state index >= 15 is 0 Å². The number of anilines is 1. The third-order valence-corrected chi connectivity index (χ3v) is 3.99. The van der Waals surface area contributed by atoms with Gasteiger partial charge in [0.15, 0.2) is 0 Å². The molecular formula is C13H14ClN3OS. The van der Waals surface area contributed by atoms with Crippen molar-refractivity contribution in [3.63, 3.8) is 0 Å². The molecule has 0 aliphatic rings. The fourth-order valence-corrected chi connectivity index (χ4v) is 2.63. The van der Waals surface area contributed by atoms with Gasteiger partial charge in [0.2, 0.25) is 0 Å². The average Bonchev–Trinajstić information content (AvgIpc) is 2.75. The molecule has 1 aromatic heterocycles. The molecule has 4 nitrogen and oxygen atoms in total. The van der Waals surface area contributed by atoms with Gasteiger partial charge in [0.25, 0.3) is 5.91 Å². The van der Waals surface area contributed by atoms with E-state index < -0.39 is 0 Å². The number of aryl methyl sites for hydroxylation is 1. The van der Waals surface area contributed by atoms with E-state index in [4.69, 9.17) is 17.3 Å². The van der Waals surface area contributed by atoms with E-state index in [1.165, 1.54) is 11.3 Å². The number of nitrogens with two attached hydrogens (primary N) is 1. The molecule has 1 aromatic carbocycles. The van der Waals surface area contributed by atoms with Crippen LogP contribution < -0.4 is 11.1 Å². The maximum atomic E-state index is 12.1. The van der Waals surface area contributed by atoms with E-state index in [0.29, 0.717) is 16.3 Å². The number of halogens is 1. The van der Waals surface area contributed by atoms with E-state index in [-0.39, 0.29) is 11.9 Å². The Bertz CT molecular complexity index is 612. The van der Waals surface area contributed by atoms with Crippen LogP contribution >= 0.6 is 22.9 Å². The van der Waals surface area contributed by atoms with E-state index in [0.717, 1.165) is 10.7 Å². The van der Waals surface area contributed by atoms with Crippen LogP contribution in [0.5, 0.6) is 0 Å². The van der Waals surface area contributed by atoms with Crippen LogP contribution in [0, 0.1) is 6.92 Å². The molecule has 0 fully saturated rings. The lowest BCUT2D eigenvalue weighted by Gasteiger charge is -2.12. The van der Waals surface area contributed by atoms with Crippen molar-refractivity contribution in [2.45, 2.75) is 19.9 Å². The lowest BCUT2D eigenvalue weighted by atomic mass is 10.1. The Balaban J connectivity index is 2.12. The smallest absolute Gasteiger partial charge is 0.253 e. The number of nitrogens with one attached hydrogen (secondary N) is 1. The van der Waals surface area contributed by atoms with Crippen LogP contribution in [-0.4, -0.2) is 10.9 Å². The largest absolute Gasteiger partial charge is 0.398 e. The normalized spacial score (nSPS) is 12.2. The second-order valence-corrected chi connectivity index (χ2v) is 5.58. The maximum Gasteiger partial charge on any atom is 0.253 e. The third-order valence-electron chi connectivity index (χ3n) is 2.61. The van der Waals surface area contributed by atoms with Crippen LogP contribution in [0.1, 0.15) is 34.0 Å². The van der Waals surface area contributed by atoms with Gasteiger partial charge < -0.3 is 11.1 Å². The van der Waals surface area contributed by atoms with Gasteiger partial charge in [-0.15, -0.1) is 11.3 Å². The number of nitrogen functional groups attached to an aromatic ring is 1. The van der Waals surface area contributed by atoms with Crippen LogP contribution in [0.25, 0.3) is 0 Å². The molecule has 1 heterocycles. The fraction of sp³-hybridized carbons (Fsp3) is 0.231. The molecule has 2 rings (SSSR count). The quantitative estimate of drug-likeness (QED) is 0.855. The van der Waals surface area contributed by atoms with Crippen LogP contribution in [0.2, 0.25) is 5.02 Å². The van der Waals surface area contributed by atoms with Crippen molar-refractivity contribution >= 4 is 34.5 Å². The first-order valence-corrected chi connectivity index (χ1v) is 7.01. The van der Waals surface area contributed by atoms with Gasteiger partial charge in [0.05, 0.1) is 11.6 Å². The molecule has 0 radical (unpaired) electrons. The Morgan fingerprint density at radius 1 is 1.53 bits per heavy atom. The number of carbonyl (C=O) groups is 1. The second kappa shape index (κ2) is 5.59. The van der Waals surface area contributed by atoms with Gasteiger partial charge in [-0.3, -0.25) is 4.79 Å². The first-order valence-electron chi connectivity index (χ1n) is 5.75. The Labute approximate surface area is 120 Å². The standard InChI is InChI=1S/C13H14ClN3OS/c1-7-6-19-13(16-7)8(2)17-12(18)10-4-3-9(14)5-11(10)15/h3-6,8H,15H2,1-2H3,(H,17,18). The van der Waals surface area contributed by atoms with Crippen molar-refractivity contribution in [1.29, 1.82) is 0 Å². The summed E-state index contributed by atoms with van der Waals surface area (Å²) < 4.78 is 0. The van der Waals surface area contributed by atoms with Gasteiger partial charge in [0, 0.05) is 21.8 Å². The summed E-state index contributed by atoms with van der Waals surface area (Å²) in [4.78, 5) is 16.5. The third kappa shape index (κ3) is 3.24. The highest BCUT2D eigenvalue weighted by atomic mass is 35.5. The number of amides is 1. The van der Waals surface area contributed by atoms with Gasteiger partial charge in [0.1, 0.15) is 5.01 Å². The Hall–Kier alpha value is -1.59. The summed E-state index contributed by atoms with van der Waals surface area (Å²) in [7, 11) is 0. The summed E-state index contributed by atoms with van der Waals surface area (Å²) in [5.74, 6) is -0.227. The summed E-state index contributed by atoms with van der Waals surface area (Å²) >= 11 is 7.33. The Morgan fingerprint density at radius 2 is 2.26 bits per heavy atom. The number of nitrogens with zero attached hydrogens (tertiary/aromatic N) is 1. The van der Waals surface area contributed by atoms with Crippen LogP contribution in [0.15, 0.2) is 23.6 Å². The van der Waals surface area contributed by atoms with Gasteiger partial charge in [-0.05, 0) is 32.0 Å². The van der Waals surface area contributed by atoms with Crippen molar-refractivity contribution in [2.24, 2.45) is 0 Å². The van der Waals surface area contributed by atoms with Gasteiger partial charge in [-0.1, -0.05) is 11.6 Å². The molecule has 0 bridgehead atoms. The SMILES string of the molecule is Cc1csc(C(C)NC(=O)c2ccc(Cl)cc2N)n1. The van der Waals surface area contributed by atoms with E-state index in [1.807, 2.05) is 19.2 Å². The molecule has 1 unspecified atom stereocenters. The molecule has 0 spiro atoms.